The highest BCUT2D eigenvalue weighted by atomic mass is 16.6. The predicted molar refractivity (Wildman–Crippen MR) is 118 cm³/mol. The third kappa shape index (κ3) is 5.70. The van der Waals surface area contributed by atoms with Crippen LogP contribution in [0, 0.1) is 11.3 Å². The van der Waals surface area contributed by atoms with Crippen LogP contribution in [0.3, 0.4) is 0 Å². The maximum Gasteiger partial charge on any atom is 0.408 e. The van der Waals surface area contributed by atoms with Gasteiger partial charge in [0.25, 0.3) is 5.91 Å². The van der Waals surface area contributed by atoms with Gasteiger partial charge >= 0.3 is 6.09 Å². The Bertz CT molecular complexity index is 1060. The molecule has 1 atom stereocenters. The molecule has 1 aliphatic heterocycles. The summed E-state index contributed by atoms with van der Waals surface area (Å²) in [5, 5.41) is 15.0. The molecule has 0 saturated heterocycles. The first-order valence-corrected chi connectivity index (χ1v) is 10.2. The number of nitrogens with zero attached hydrogens (tertiary/aromatic N) is 2. The van der Waals surface area contributed by atoms with Gasteiger partial charge in [0, 0.05) is 17.3 Å². The van der Waals surface area contributed by atoms with Gasteiger partial charge in [0.05, 0.1) is 29.1 Å². The van der Waals surface area contributed by atoms with Crippen LogP contribution in [-0.4, -0.2) is 22.6 Å². The molecule has 31 heavy (non-hydrogen) atoms. The number of aromatic nitrogens is 1. The molecule has 1 aromatic heterocycles. The summed E-state index contributed by atoms with van der Waals surface area (Å²) < 4.78 is 5.41. The lowest BCUT2D eigenvalue weighted by molar-refractivity contribution is -0.113. The van der Waals surface area contributed by atoms with E-state index < -0.39 is 11.7 Å². The van der Waals surface area contributed by atoms with Crippen molar-refractivity contribution in [1.29, 1.82) is 5.26 Å². The molecular formula is C24H26N4O3. The molecule has 0 unspecified atom stereocenters. The smallest absolute Gasteiger partial charge is 0.408 e. The first-order chi connectivity index (χ1) is 14.7. The Hall–Kier alpha value is -3.66. The average molecular weight is 418 g/mol. The standard InChI is InChI=1S/C24H26N4O3/c1-15-6-5-7-19(28-23(30)31-24(2,3)4)21-13-17(10-11-26-21)18-9-8-16(14-25)12-20(18)27-22(15)29/h8-13,19H,1,5-7H2,2-4H3,(H,27,29)(H,28,30)/t19-/m0/s1. The van der Waals surface area contributed by atoms with E-state index in [4.69, 9.17) is 4.74 Å². The van der Waals surface area contributed by atoms with Gasteiger partial charge in [-0.25, -0.2) is 4.79 Å². The molecule has 0 spiro atoms. The van der Waals surface area contributed by atoms with E-state index >= 15 is 0 Å². The normalized spacial score (nSPS) is 16.6. The average Bonchev–Trinajstić information content (AvgIpc) is 2.71. The van der Waals surface area contributed by atoms with Crippen molar-refractivity contribution in [1.82, 2.24) is 10.3 Å². The molecule has 160 valence electrons. The minimum atomic E-state index is -0.617. The van der Waals surface area contributed by atoms with E-state index in [-0.39, 0.29) is 11.9 Å². The number of hydrogen-bond acceptors (Lipinski definition) is 5. The summed E-state index contributed by atoms with van der Waals surface area (Å²) in [5.41, 5.74) is 3.04. The van der Waals surface area contributed by atoms with Crippen molar-refractivity contribution in [3.05, 3.63) is 59.9 Å². The van der Waals surface area contributed by atoms with Gasteiger partial charge in [-0.1, -0.05) is 12.6 Å². The molecule has 3 rings (SSSR count). The molecule has 0 aliphatic carbocycles. The summed E-state index contributed by atoms with van der Waals surface area (Å²) in [4.78, 5) is 29.5. The molecule has 0 radical (unpaired) electrons. The summed E-state index contributed by atoms with van der Waals surface area (Å²) >= 11 is 0. The fourth-order valence-corrected chi connectivity index (χ4v) is 3.36. The van der Waals surface area contributed by atoms with Gasteiger partial charge in [0.2, 0.25) is 0 Å². The Morgan fingerprint density at radius 2 is 2.10 bits per heavy atom. The Morgan fingerprint density at radius 1 is 1.32 bits per heavy atom. The molecule has 0 saturated carbocycles. The van der Waals surface area contributed by atoms with Gasteiger partial charge < -0.3 is 15.4 Å². The second-order valence-corrected chi connectivity index (χ2v) is 8.49. The molecule has 1 aromatic carbocycles. The number of nitrogens with one attached hydrogen (secondary N) is 2. The molecule has 2 amide bonds. The van der Waals surface area contributed by atoms with Crippen LogP contribution in [0.5, 0.6) is 0 Å². The summed E-state index contributed by atoms with van der Waals surface area (Å²) in [6.07, 6.45) is 2.81. The van der Waals surface area contributed by atoms with Crippen molar-refractivity contribution in [3.8, 4) is 17.2 Å². The minimum absolute atomic E-state index is 0.289. The third-order valence-electron chi connectivity index (χ3n) is 4.83. The number of rotatable bonds is 1. The number of fused-ring (bicyclic) bond motifs is 4. The fourth-order valence-electron chi connectivity index (χ4n) is 3.36. The Balaban J connectivity index is 2.03. The van der Waals surface area contributed by atoms with Gasteiger partial charge in [-0.2, -0.15) is 5.26 Å². The van der Waals surface area contributed by atoms with Crippen molar-refractivity contribution in [3.63, 3.8) is 0 Å². The van der Waals surface area contributed by atoms with Gasteiger partial charge in [-0.05, 0) is 69.9 Å². The lowest BCUT2D eigenvalue weighted by Gasteiger charge is -2.24. The largest absolute Gasteiger partial charge is 0.444 e. The van der Waals surface area contributed by atoms with Crippen LogP contribution < -0.4 is 10.6 Å². The molecule has 0 fully saturated rings. The molecule has 7 nitrogen and oxygen atoms in total. The monoisotopic (exact) mass is 418 g/mol. The van der Waals surface area contributed by atoms with Crippen molar-refractivity contribution in [2.75, 3.05) is 5.32 Å². The topological polar surface area (TPSA) is 104 Å². The van der Waals surface area contributed by atoms with Crippen molar-refractivity contribution < 1.29 is 14.3 Å². The molecule has 2 bridgehead atoms. The SMILES string of the molecule is C=C1CCC[C@H](NC(=O)OC(C)(C)C)c2cc(ccn2)-c2ccc(C#N)cc2NC1=O. The molecule has 2 heterocycles. The van der Waals surface area contributed by atoms with E-state index in [2.05, 4.69) is 28.3 Å². The van der Waals surface area contributed by atoms with E-state index in [1.54, 1.807) is 24.4 Å². The van der Waals surface area contributed by atoms with Crippen LogP contribution >= 0.6 is 0 Å². The number of alkyl carbamates (subject to hydrolysis) is 1. The number of ether oxygens (including phenoxy) is 1. The zero-order valence-corrected chi connectivity index (χ0v) is 18.0. The van der Waals surface area contributed by atoms with Gasteiger partial charge in [-0.15, -0.1) is 0 Å². The zero-order chi connectivity index (χ0) is 22.6. The highest BCUT2D eigenvalue weighted by Crippen LogP contribution is 2.32. The van der Waals surface area contributed by atoms with Crippen LogP contribution in [0.4, 0.5) is 10.5 Å². The van der Waals surface area contributed by atoms with Crippen molar-refractivity contribution >= 4 is 17.7 Å². The summed E-state index contributed by atoms with van der Waals surface area (Å²) in [7, 11) is 0. The minimum Gasteiger partial charge on any atom is -0.444 e. The van der Waals surface area contributed by atoms with Crippen molar-refractivity contribution in [2.45, 2.75) is 51.7 Å². The van der Waals surface area contributed by atoms with E-state index in [9.17, 15) is 14.9 Å². The Morgan fingerprint density at radius 3 is 2.81 bits per heavy atom. The first kappa shape index (κ1) is 22.0. The van der Waals surface area contributed by atoms with E-state index in [0.29, 0.717) is 41.8 Å². The second-order valence-electron chi connectivity index (χ2n) is 8.49. The number of nitriles is 1. The summed E-state index contributed by atoms with van der Waals surface area (Å²) in [6, 6.07) is 10.6. The fraction of sp³-hybridized carbons (Fsp3) is 0.333. The molecular weight excluding hydrogens is 392 g/mol. The number of carbonyl (C=O) groups excluding carboxylic acids is 2. The lowest BCUT2D eigenvalue weighted by Crippen LogP contribution is -2.35. The van der Waals surface area contributed by atoms with E-state index in [1.165, 1.54) is 0 Å². The second kappa shape index (κ2) is 9.00. The molecule has 1 aliphatic rings. The molecule has 2 aromatic rings. The van der Waals surface area contributed by atoms with Gasteiger partial charge in [0.1, 0.15) is 5.60 Å². The number of carbonyl (C=O) groups is 2. The Labute approximate surface area is 182 Å². The third-order valence-corrected chi connectivity index (χ3v) is 4.83. The van der Waals surface area contributed by atoms with Crippen LogP contribution in [0.2, 0.25) is 0 Å². The lowest BCUT2D eigenvalue weighted by atomic mass is 9.97. The number of pyridine rings is 1. The number of hydrogen-bond donors (Lipinski definition) is 2. The first-order valence-electron chi connectivity index (χ1n) is 10.2. The van der Waals surface area contributed by atoms with Gasteiger partial charge in [-0.3, -0.25) is 9.78 Å². The van der Waals surface area contributed by atoms with Crippen LogP contribution in [0.15, 0.2) is 48.7 Å². The van der Waals surface area contributed by atoms with Gasteiger partial charge in [0.15, 0.2) is 0 Å². The van der Waals surface area contributed by atoms with Crippen LogP contribution in [0.25, 0.3) is 11.1 Å². The van der Waals surface area contributed by atoms with Crippen LogP contribution in [-0.2, 0) is 9.53 Å². The highest BCUT2D eigenvalue weighted by molar-refractivity contribution is 6.05. The van der Waals surface area contributed by atoms with E-state index in [1.807, 2.05) is 32.9 Å². The quantitative estimate of drug-likeness (QED) is 0.643. The Kier molecular flexibility index (Phi) is 6.40. The maximum atomic E-state index is 12.6. The summed E-state index contributed by atoms with van der Waals surface area (Å²) in [6.45, 7) is 9.32. The summed E-state index contributed by atoms with van der Waals surface area (Å²) in [5.74, 6) is -0.289. The predicted octanol–water partition coefficient (Wildman–Crippen LogP) is 4.86. The maximum absolute atomic E-state index is 12.6. The number of benzene rings is 1. The van der Waals surface area contributed by atoms with Crippen molar-refractivity contribution in [2.24, 2.45) is 0 Å². The van der Waals surface area contributed by atoms with E-state index in [0.717, 1.165) is 11.1 Å². The zero-order valence-electron chi connectivity index (χ0n) is 18.0. The van der Waals surface area contributed by atoms with Crippen LogP contribution in [0.1, 0.15) is 57.3 Å². The number of amides is 2. The molecule has 2 N–H and O–H groups in total. The molecule has 7 heteroatoms. The number of anilines is 1. The highest BCUT2D eigenvalue weighted by Gasteiger charge is 2.23.